The molecule has 2 aromatic carbocycles. The molecule has 0 aliphatic heterocycles. The molecule has 20 heavy (non-hydrogen) atoms. The van der Waals surface area contributed by atoms with Crippen LogP contribution in [-0.2, 0) is 6.54 Å². The number of amides is 1. The van der Waals surface area contributed by atoms with Gasteiger partial charge in [-0.3, -0.25) is 4.79 Å². The molecule has 0 unspecified atom stereocenters. The quantitative estimate of drug-likeness (QED) is 0.758. The van der Waals surface area contributed by atoms with Gasteiger partial charge in [-0.1, -0.05) is 29.8 Å². The van der Waals surface area contributed by atoms with Gasteiger partial charge in [0.2, 0.25) is 0 Å². The molecule has 0 bridgehead atoms. The Hall–Kier alpha value is -2.27. The van der Waals surface area contributed by atoms with Gasteiger partial charge < -0.3 is 16.8 Å². The molecule has 0 spiro atoms. The Kier molecular flexibility index (Phi) is 4.10. The van der Waals surface area contributed by atoms with Crippen LogP contribution < -0.4 is 16.8 Å². The molecule has 6 heteroatoms. The van der Waals surface area contributed by atoms with Crippen molar-refractivity contribution in [3.8, 4) is 0 Å². The Morgan fingerprint density at radius 1 is 1.30 bits per heavy atom. The van der Waals surface area contributed by atoms with Crippen molar-refractivity contribution in [3.05, 3.63) is 58.4 Å². The summed E-state index contributed by atoms with van der Waals surface area (Å²) in [7, 11) is 0. The summed E-state index contributed by atoms with van der Waals surface area (Å²) in [6.07, 6.45) is 0. The highest BCUT2D eigenvalue weighted by molar-refractivity contribution is 6.31. The summed E-state index contributed by atoms with van der Waals surface area (Å²) in [6, 6.07) is 9.56. The number of carbonyl (C=O) groups excluding carboxylic acids is 1. The summed E-state index contributed by atoms with van der Waals surface area (Å²) in [4.78, 5) is 11.2. The van der Waals surface area contributed by atoms with Crippen LogP contribution in [0, 0.1) is 5.82 Å². The van der Waals surface area contributed by atoms with E-state index in [2.05, 4.69) is 5.32 Å². The molecule has 4 nitrogen and oxygen atoms in total. The summed E-state index contributed by atoms with van der Waals surface area (Å²) in [5, 5.41) is 3.44. The average molecular weight is 294 g/mol. The Morgan fingerprint density at radius 3 is 2.65 bits per heavy atom. The first kappa shape index (κ1) is 14.1. The second kappa shape index (κ2) is 5.79. The predicted octanol–water partition coefficient (Wildman–Crippen LogP) is 2.77. The smallest absolute Gasteiger partial charge is 0.250 e. The van der Waals surface area contributed by atoms with Crippen molar-refractivity contribution in [3.63, 3.8) is 0 Å². The van der Waals surface area contributed by atoms with Crippen molar-refractivity contribution in [1.29, 1.82) is 0 Å². The zero-order valence-electron chi connectivity index (χ0n) is 10.5. The third-order valence-corrected chi connectivity index (χ3v) is 3.20. The molecule has 1 amide bonds. The number of hydrogen-bond acceptors (Lipinski definition) is 3. The van der Waals surface area contributed by atoms with Crippen molar-refractivity contribution >= 4 is 28.9 Å². The molecule has 0 saturated heterocycles. The minimum Gasteiger partial charge on any atom is -0.398 e. The van der Waals surface area contributed by atoms with E-state index in [4.69, 9.17) is 23.1 Å². The van der Waals surface area contributed by atoms with Crippen molar-refractivity contribution in [1.82, 2.24) is 0 Å². The summed E-state index contributed by atoms with van der Waals surface area (Å²) < 4.78 is 13.8. The first-order valence-corrected chi connectivity index (χ1v) is 6.23. The number of anilines is 2. The van der Waals surface area contributed by atoms with Gasteiger partial charge in [-0.05, 0) is 23.8 Å². The second-order valence-electron chi connectivity index (χ2n) is 4.23. The van der Waals surface area contributed by atoms with Gasteiger partial charge in [0.1, 0.15) is 5.82 Å². The average Bonchev–Trinajstić information content (AvgIpc) is 2.39. The van der Waals surface area contributed by atoms with Crippen LogP contribution >= 0.6 is 11.6 Å². The van der Waals surface area contributed by atoms with Gasteiger partial charge in [0.05, 0.1) is 11.3 Å². The van der Waals surface area contributed by atoms with E-state index in [1.807, 2.05) is 12.1 Å². The standard InChI is InChI=1S/C14H13ClFN3O/c15-10-4-2-1-3-8(10)7-19-13-5-9(14(18)20)12(17)6-11(13)16/h1-6,19H,7,17H2,(H2,18,20). The van der Waals surface area contributed by atoms with Crippen LogP contribution in [0.15, 0.2) is 36.4 Å². The van der Waals surface area contributed by atoms with Crippen LogP contribution in [-0.4, -0.2) is 5.91 Å². The number of nitrogens with two attached hydrogens (primary N) is 2. The zero-order valence-corrected chi connectivity index (χ0v) is 11.2. The molecule has 2 rings (SSSR count). The van der Waals surface area contributed by atoms with Crippen LogP contribution in [0.2, 0.25) is 5.02 Å². The maximum Gasteiger partial charge on any atom is 0.250 e. The highest BCUT2D eigenvalue weighted by Crippen LogP contribution is 2.23. The topological polar surface area (TPSA) is 81.1 Å². The summed E-state index contributed by atoms with van der Waals surface area (Å²) in [5.74, 6) is -1.26. The zero-order chi connectivity index (χ0) is 14.7. The Balaban J connectivity index is 2.24. The molecule has 0 fully saturated rings. The van der Waals surface area contributed by atoms with Gasteiger partial charge in [-0.15, -0.1) is 0 Å². The van der Waals surface area contributed by atoms with E-state index in [-0.39, 0.29) is 16.9 Å². The summed E-state index contributed by atoms with van der Waals surface area (Å²) in [6.45, 7) is 0.318. The SMILES string of the molecule is NC(=O)c1cc(NCc2ccccc2Cl)c(F)cc1N. The number of benzene rings is 2. The molecule has 0 atom stereocenters. The minimum absolute atomic E-state index is 0.0123. The number of nitrogen functional groups attached to an aromatic ring is 1. The van der Waals surface area contributed by atoms with Crippen molar-refractivity contribution < 1.29 is 9.18 Å². The van der Waals surface area contributed by atoms with E-state index < -0.39 is 11.7 Å². The van der Waals surface area contributed by atoms with Gasteiger partial charge in [-0.25, -0.2) is 4.39 Å². The molecule has 0 radical (unpaired) electrons. The fourth-order valence-electron chi connectivity index (χ4n) is 1.77. The third kappa shape index (κ3) is 3.00. The Bertz CT molecular complexity index is 661. The maximum atomic E-state index is 13.8. The van der Waals surface area contributed by atoms with Gasteiger partial charge in [0.15, 0.2) is 0 Å². The molecular weight excluding hydrogens is 281 g/mol. The van der Waals surface area contributed by atoms with E-state index in [0.29, 0.717) is 11.6 Å². The second-order valence-corrected chi connectivity index (χ2v) is 4.64. The maximum absolute atomic E-state index is 13.8. The molecule has 0 saturated carbocycles. The van der Waals surface area contributed by atoms with Crippen molar-refractivity contribution in [2.75, 3.05) is 11.1 Å². The fourth-order valence-corrected chi connectivity index (χ4v) is 1.97. The van der Waals surface area contributed by atoms with Gasteiger partial charge in [-0.2, -0.15) is 0 Å². The van der Waals surface area contributed by atoms with E-state index in [1.165, 1.54) is 6.07 Å². The van der Waals surface area contributed by atoms with Crippen LogP contribution in [0.25, 0.3) is 0 Å². The van der Waals surface area contributed by atoms with Crippen molar-refractivity contribution in [2.45, 2.75) is 6.54 Å². The van der Waals surface area contributed by atoms with Crippen LogP contribution in [0.3, 0.4) is 0 Å². The number of rotatable bonds is 4. The van der Waals surface area contributed by atoms with Gasteiger partial charge in [0.25, 0.3) is 5.91 Å². The largest absolute Gasteiger partial charge is 0.398 e. The highest BCUT2D eigenvalue weighted by atomic mass is 35.5. The number of primary amides is 1. The third-order valence-electron chi connectivity index (χ3n) is 2.83. The lowest BCUT2D eigenvalue weighted by Crippen LogP contribution is -2.15. The lowest BCUT2D eigenvalue weighted by atomic mass is 10.1. The highest BCUT2D eigenvalue weighted by Gasteiger charge is 2.12. The van der Waals surface area contributed by atoms with Crippen LogP contribution in [0.4, 0.5) is 15.8 Å². The summed E-state index contributed by atoms with van der Waals surface area (Å²) in [5.41, 5.74) is 11.8. The lowest BCUT2D eigenvalue weighted by molar-refractivity contribution is 0.100. The first-order chi connectivity index (χ1) is 9.49. The Morgan fingerprint density at radius 2 is 2.00 bits per heavy atom. The summed E-state index contributed by atoms with van der Waals surface area (Å²) >= 11 is 6.01. The van der Waals surface area contributed by atoms with Gasteiger partial charge >= 0.3 is 0 Å². The van der Waals surface area contributed by atoms with E-state index in [1.54, 1.807) is 12.1 Å². The molecule has 2 aromatic rings. The molecule has 0 aromatic heterocycles. The van der Waals surface area contributed by atoms with Crippen LogP contribution in [0.1, 0.15) is 15.9 Å². The molecular formula is C14H13ClFN3O. The van der Waals surface area contributed by atoms with Crippen LogP contribution in [0.5, 0.6) is 0 Å². The molecule has 5 N–H and O–H groups in total. The number of halogens is 2. The molecule has 0 aliphatic rings. The monoisotopic (exact) mass is 293 g/mol. The van der Waals surface area contributed by atoms with E-state index in [0.717, 1.165) is 11.6 Å². The molecule has 0 aliphatic carbocycles. The molecule has 104 valence electrons. The van der Waals surface area contributed by atoms with Crippen molar-refractivity contribution in [2.24, 2.45) is 5.73 Å². The van der Waals surface area contributed by atoms with E-state index in [9.17, 15) is 9.18 Å². The number of nitrogens with one attached hydrogen (secondary N) is 1. The number of hydrogen-bond donors (Lipinski definition) is 3. The minimum atomic E-state index is -0.705. The van der Waals surface area contributed by atoms with Gasteiger partial charge in [0, 0.05) is 17.3 Å². The molecule has 0 heterocycles. The number of carbonyl (C=O) groups is 1. The fraction of sp³-hybridized carbons (Fsp3) is 0.0714. The predicted molar refractivity (Wildman–Crippen MR) is 78.1 cm³/mol. The first-order valence-electron chi connectivity index (χ1n) is 5.85. The van der Waals surface area contributed by atoms with E-state index >= 15 is 0 Å². The lowest BCUT2D eigenvalue weighted by Gasteiger charge is -2.11. The Labute approximate surface area is 120 Å². The normalized spacial score (nSPS) is 10.3.